The molecule has 3 heterocycles. The molecule has 1 aliphatic carbocycles. The summed E-state index contributed by atoms with van der Waals surface area (Å²) < 4.78 is 5.55. The van der Waals surface area contributed by atoms with Crippen LogP contribution in [0.25, 0.3) is 0 Å². The van der Waals surface area contributed by atoms with E-state index in [0.717, 1.165) is 19.3 Å². The molecule has 4 rings (SSSR count). The Hall–Kier alpha value is -0.120. The Morgan fingerprint density at radius 3 is 2.56 bits per heavy atom. The summed E-state index contributed by atoms with van der Waals surface area (Å²) in [6.07, 6.45) is 5.67. The highest BCUT2D eigenvalue weighted by molar-refractivity contribution is 5.06. The van der Waals surface area contributed by atoms with Crippen molar-refractivity contribution in [2.45, 2.75) is 31.7 Å². The predicted octanol–water partition coefficient (Wildman–Crippen LogP) is 0.851. The second-order valence-corrected chi connectivity index (χ2v) is 6.71. The maximum Gasteiger partial charge on any atom is 0.0547 e. The third-order valence-corrected chi connectivity index (χ3v) is 5.45. The highest BCUT2D eigenvalue weighted by atomic mass is 16.5. The molecule has 1 unspecified atom stereocenters. The highest BCUT2D eigenvalue weighted by Crippen LogP contribution is 2.47. The molecular formula is C13H22N2O. The lowest BCUT2D eigenvalue weighted by atomic mass is 9.77. The van der Waals surface area contributed by atoms with Crippen molar-refractivity contribution in [1.82, 2.24) is 10.2 Å². The van der Waals surface area contributed by atoms with Gasteiger partial charge in [-0.3, -0.25) is 4.90 Å². The minimum Gasteiger partial charge on any atom is -0.381 e. The van der Waals surface area contributed by atoms with E-state index in [1.807, 2.05) is 0 Å². The van der Waals surface area contributed by atoms with E-state index in [9.17, 15) is 0 Å². The molecule has 3 nitrogen and oxygen atoms in total. The number of nitrogens with one attached hydrogen (secondary N) is 1. The first-order valence-electron chi connectivity index (χ1n) is 6.82. The van der Waals surface area contributed by atoms with Crippen LogP contribution in [0.1, 0.15) is 25.7 Å². The fraction of sp³-hybridized carbons (Fsp3) is 1.00. The number of likely N-dealkylation sites (tertiary alicyclic amines) is 1. The average molecular weight is 222 g/mol. The lowest BCUT2D eigenvalue weighted by Gasteiger charge is -2.51. The van der Waals surface area contributed by atoms with Crippen molar-refractivity contribution in [3.8, 4) is 0 Å². The zero-order valence-electron chi connectivity index (χ0n) is 10.0. The van der Waals surface area contributed by atoms with Gasteiger partial charge in [-0.05, 0) is 31.1 Å². The van der Waals surface area contributed by atoms with Crippen LogP contribution in [0.15, 0.2) is 0 Å². The topological polar surface area (TPSA) is 24.5 Å². The van der Waals surface area contributed by atoms with Gasteiger partial charge in [0, 0.05) is 44.2 Å². The molecular weight excluding hydrogens is 200 g/mol. The monoisotopic (exact) mass is 222 g/mol. The molecule has 0 amide bonds. The summed E-state index contributed by atoms with van der Waals surface area (Å²) in [6, 6.07) is 0.897. The van der Waals surface area contributed by atoms with E-state index < -0.39 is 0 Å². The van der Waals surface area contributed by atoms with Crippen molar-refractivity contribution in [1.29, 1.82) is 0 Å². The Morgan fingerprint density at radius 1 is 1.12 bits per heavy atom. The van der Waals surface area contributed by atoms with Crippen molar-refractivity contribution in [3.63, 3.8) is 0 Å². The second-order valence-electron chi connectivity index (χ2n) is 6.71. The standard InChI is InChI=1S/C13H22N2O/c1-2-12(6-14-7-12)5-11(1)15-8-13(9-15)3-4-16-10-13/h11,14H,1-10H2. The van der Waals surface area contributed by atoms with Crippen LogP contribution in [0.3, 0.4) is 0 Å². The van der Waals surface area contributed by atoms with Crippen LogP contribution >= 0.6 is 0 Å². The van der Waals surface area contributed by atoms with Crippen LogP contribution in [0.2, 0.25) is 0 Å². The van der Waals surface area contributed by atoms with Crippen LogP contribution in [-0.4, -0.2) is 50.3 Å². The first kappa shape index (κ1) is 9.86. The molecule has 0 aromatic carbocycles. The van der Waals surface area contributed by atoms with E-state index in [-0.39, 0.29) is 0 Å². The molecule has 3 saturated heterocycles. The largest absolute Gasteiger partial charge is 0.381 e. The van der Waals surface area contributed by atoms with Gasteiger partial charge in [0.05, 0.1) is 6.61 Å². The van der Waals surface area contributed by atoms with E-state index in [2.05, 4.69) is 10.2 Å². The van der Waals surface area contributed by atoms with Crippen LogP contribution in [0.4, 0.5) is 0 Å². The maximum absolute atomic E-state index is 5.55. The van der Waals surface area contributed by atoms with Crippen LogP contribution in [0.5, 0.6) is 0 Å². The Bertz CT molecular complexity index is 286. The van der Waals surface area contributed by atoms with Crippen molar-refractivity contribution >= 4 is 0 Å². The molecule has 3 aliphatic heterocycles. The van der Waals surface area contributed by atoms with Gasteiger partial charge in [0.15, 0.2) is 0 Å². The molecule has 16 heavy (non-hydrogen) atoms. The SMILES string of the molecule is C1CC2(CO1)CN(C1CCC3(CNC3)C1)C2. The molecule has 0 aromatic heterocycles. The van der Waals surface area contributed by atoms with E-state index in [1.54, 1.807) is 0 Å². The second kappa shape index (κ2) is 3.21. The van der Waals surface area contributed by atoms with Gasteiger partial charge < -0.3 is 10.1 Å². The van der Waals surface area contributed by atoms with Gasteiger partial charge in [-0.15, -0.1) is 0 Å². The molecule has 1 N–H and O–H groups in total. The minimum absolute atomic E-state index is 0.577. The summed E-state index contributed by atoms with van der Waals surface area (Å²) in [5.74, 6) is 0. The van der Waals surface area contributed by atoms with E-state index in [0.29, 0.717) is 10.8 Å². The summed E-state index contributed by atoms with van der Waals surface area (Å²) in [7, 11) is 0. The molecule has 1 saturated carbocycles. The smallest absolute Gasteiger partial charge is 0.0547 e. The highest BCUT2D eigenvalue weighted by Gasteiger charge is 2.52. The van der Waals surface area contributed by atoms with E-state index >= 15 is 0 Å². The lowest BCUT2D eigenvalue weighted by molar-refractivity contribution is -0.0380. The van der Waals surface area contributed by atoms with E-state index in [4.69, 9.17) is 4.74 Å². The Labute approximate surface area is 97.5 Å². The summed E-state index contributed by atoms with van der Waals surface area (Å²) in [5.41, 5.74) is 1.28. The molecule has 2 spiro atoms. The molecule has 90 valence electrons. The van der Waals surface area contributed by atoms with Crippen molar-refractivity contribution in [2.24, 2.45) is 10.8 Å². The molecule has 1 atom stereocenters. The van der Waals surface area contributed by atoms with Crippen LogP contribution in [0, 0.1) is 10.8 Å². The quantitative estimate of drug-likeness (QED) is 0.712. The summed E-state index contributed by atoms with van der Waals surface area (Å²) in [5, 5.41) is 3.45. The fourth-order valence-corrected chi connectivity index (χ4v) is 4.26. The van der Waals surface area contributed by atoms with Crippen LogP contribution in [-0.2, 0) is 4.74 Å². The predicted molar refractivity (Wildman–Crippen MR) is 62.4 cm³/mol. The summed E-state index contributed by atoms with van der Waals surface area (Å²) in [6.45, 7) is 7.24. The Balaban J connectivity index is 1.36. The normalized spacial score (nSPS) is 40.1. The lowest BCUT2D eigenvalue weighted by Crippen LogP contribution is -2.60. The molecule has 4 aliphatic rings. The molecule has 0 bridgehead atoms. The summed E-state index contributed by atoms with van der Waals surface area (Å²) in [4.78, 5) is 2.74. The van der Waals surface area contributed by atoms with Crippen molar-refractivity contribution < 1.29 is 4.74 Å². The first-order chi connectivity index (χ1) is 7.79. The molecule has 3 heteroatoms. The van der Waals surface area contributed by atoms with Crippen LogP contribution < -0.4 is 5.32 Å². The minimum atomic E-state index is 0.577. The third kappa shape index (κ3) is 1.31. The molecule has 0 radical (unpaired) electrons. The van der Waals surface area contributed by atoms with E-state index in [1.165, 1.54) is 51.9 Å². The van der Waals surface area contributed by atoms with Gasteiger partial charge in [-0.25, -0.2) is 0 Å². The molecule has 4 fully saturated rings. The Kier molecular flexibility index (Phi) is 1.98. The maximum atomic E-state index is 5.55. The fourth-order valence-electron chi connectivity index (χ4n) is 4.26. The average Bonchev–Trinajstić information content (AvgIpc) is 2.81. The molecule has 0 aromatic rings. The van der Waals surface area contributed by atoms with Gasteiger partial charge in [-0.1, -0.05) is 0 Å². The first-order valence-corrected chi connectivity index (χ1v) is 6.82. The van der Waals surface area contributed by atoms with Crippen molar-refractivity contribution in [3.05, 3.63) is 0 Å². The summed E-state index contributed by atoms with van der Waals surface area (Å²) >= 11 is 0. The number of hydrogen-bond acceptors (Lipinski definition) is 3. The van der Waals surface area contributed by atoms with Gasteiger partial charge in [0.1, 0.15) is 0 Å². The van der Waals surface area contributed by atoms with Gasteiger partial charge >= 0.3 is 0 Å². The number of nitrogens with zero attached hydrogens (tertiary/aromatic N) is 1. The number of ether oxygens (including phenoxy) is 1. The zero-order chi connectivity index (χ0) is 10.6. The zero-order valence-corrected chi connectivity index (χ0v) is 10.0. The number of rotatable bonds is 1. The van der Waals surface area contributed by atoms with Crippen molar-refractivity contribution in [2.75, 3.05) is 39.4 Å². The number of hydrogen-bond donors (Lipinski definition) is 1. The Morgan fingerprint density at radius 2 is 2.00 bits per heavy atom. The van der Waals surface area contributed by atoms with Gasteiger partial charge in [-0.2, -0.15) is 0 Å². The third-order valence-electron chi connectivity index (χ3n) is 5.45. The van der Waals surface area contributed by atoms with Gasteiger partial charge in [0.25, 0.3) is 0 Å². The van der Waals surface area contributed by atoms with Gasteiger partial charge in [0.2, 0.25) is 0 Å².